The maximum absolute atomic E-state index is 12.5. The molecule has 0 heterocycles. The highest BCUT2D eigenvalue weighted by Gasteiger charge is 2.34. The van der Waals surface area contributed by atoms with Gasteiger partial charge >= 0.3 is 12.1 Å². The number of rotatable bonds is 1. The molecule has 0 aliphatic rings. The number of carboxylic acids is 1. The smallest absolute Gasteiger partial charge is 0.417 e. The van der Waals surface area contributed by atoms with Crippen molar-refractivity contribution in [2.45, 2.75) is 13.1 Å². The van der Waals surface area contributed by atoms with Crippen molar-refractivity contribution in [2.24, 2.45) is 0 Å². The number of hydrogen-bond donors (Lipinski definition) is 1. The van der Waals surface area contributed by atoms with E-state index in [1.807, 2.05) is 0 Å². The van der Waals surface area contributed by atoms with Gasteiger partial charge in [-0.3, -0.25) is 0 Å². The van der Waals surface area contributed by atoms with E-state index in [1.165, 1.54) is 13.0 Å². The van der Waals surface area contributed by atoms with Gasteiger partial charge in [-0.05, 0) is 24.6 Å². The Balaban J connectivity index is 3.55. The van der Waals surface area contributed by atoms with Gasteiger partial charge in [-0.2, -0.15) is 18.4 Å². The number of carbonyl (C=O) groups is 1. The molecule has 0 aliphatic carbocycles. The lowest BCUT2D eigenvalue weighted by molar-refractivity contribution is -0.137. The van der Waals surface area contributed by atoms with E-state index >= 15 is 0 Å². The van der Waals surface area contributed by atoms with Gasteiger partial charge in [0.1, 0.15) is 0 Å². The van der Waals surface area contributed by atoms with Gasteiger partial charge in [0.2, 0.25) is 0 Å². The van der Waals surface area contributed by atoms with Crippen molar-refractivity contribution in [1.29, 1.82) is 5.26 Å². The number of aromatic carboxylic acids is 1. The first-order chi connectivity index (χ1) is 7.27. The van der Waals surface area contributed by atoms with Gasteiger partial charge < -0.3 is 5.11 Å². The van der Waals surface area contributed by atoms with Gasteiger partial charge in [-0.25, -0.2) is 4.79 Å². The summed E-state index contributed by atoms with van der Waals surface area (Å²) in [6.07, 6.45) is -4.73. The second-order valence-electron chi connectivity index (χ2n) is 3.13. The molecule has 0 fully saturated rings. The zero-order valence-corrected chi connectivity index (χ0v) is 8.09. The molecule has 0 aliphatic heterocycles. The van der Waals surface area contributed by atoms with Crippen LogP contribution < -0.4 is 0 Å². The third kappa shape index (κ3) is 2.14. The maximum Gasteiger partial charge on any atom is 0.417 e. The van der Waals surface area contributed by atoms with E-state index in [0.29, 0.717) is 6.07 Å². The predicted octanol–water partition coefficient (Wildman–Crippen LogP) is 2.58. The summed E-state index contributed by atoms with van der Waals surface area (Å²) in [5, 5.41) is 17.2. The number of hydrogen-bond acceptors (Lipinski definition) is 2. The van der Waals surface area contributed by atoms with Gasteiger partial charge in [-0.1, -0.05) is 0 Å². The first kappa shape index (κ1) is 12.0. The average molecular weight is 229 g/mol. The highest BCUT2D eigenvalue weighted by Crippen LogP contribution is 2.33. The van der Waals surface area contributed by atoms with Crippen LogP contribution in [0.15, 0.2) is 12.1 Å². The average Bonchev–Trinajstić information content (AvgIpc) is 2.14. The lowest BCUT2D eigenvalue weighted by Gasteiger charge is -2.11. The number of halogens is 3. The minimum atomic E-state index is -4.73. The van der Waals surface area contributed by atoms with Crippen molar-refractivity contribution >= 4 is 5.97 Å². The van der Waals surface area contributed by atoms with Crippen LogP contribution in [0.2, 0.25) is 0 Å². The summed E-state index contributed by atoms with van der Waals surface area (Å²) in [5.74, 6) is -1.45. The van der Waals surface area contributed by atoms with Gasteiger partial charge in [0, 0.05) is 0 Å². The van der Waals surface area contributed by atoms with Crippen molar-refractivity contribution in [1.82, 2.24) is 0 Å². The van der Waals surface area contributed by atoms with Gasteiger partial charge in [0.15, 0.2) is 0 Å². The highest BCUT2D eigenvalue weighted by molar-refractivity contribution is 5.90. The monoisotopic (exact) mass is 229 g/mol. The number of aryl methyl sites for hydroxylation is 1. The van der Waals surface area contributed by atoms with E-state index in [1.54, 1.807) is 0 Å². The zero-order chi connectivity index (χ0) is 12.5. The second-order valence-corrected chi connectivity index (χ2v) is 3.13. The molecule has 0 aromatic heterocycles. The molecule has 0 bridgehead atoms. The molecule has 1 aromatic rings. The molecular formula is C10H6F3NO2. The summed E-state index contributed by atoms with van der Waals surface area (Å²) in [4.78, 5) is 10.7. The topological polar surface area (TPSA) is 61.1 Å². The lowest BCUT2D eigenvalue weighted by atomic mass is 9.99. The molecule has 1 aromatic carbocycles. The van der Waals surface area contributed by atoms with E-state index in [2.05, 4.69) is 0 Å². The standard InChI is InChI=1S/C10H6F3NO2/c1-5-2-6(4-14)8(10(11,12)13)3-7(5)9(15)16/h2-3H,1H3,(H,15,16). The molecule has 16 heavy (non-hydrogen) atoms. The molecule has 0 amide bonds. The molecule has 3 nitrogen and oxygen atoms in total. The van der Waals surface area contributed by atoms with Crippen molar-refractivity contribution < 1.29 is 23.1 Å². The molecule has 1 N–H and O–H groups in total. The van der Waals surface area contributed by atoms with Gasteiger partial charge in [0.25, 0.3) is 0 Å². The predicted molar refractivity (Wildman–Crippen MR) is 47.9 cm³/mol. The zero-order valence-electron chi connectivity index (χ0n) is 8.09. The minimum Gasteiger partial charge on any atom is -0.478 e. The molecule has 6 heteroatoms. The molecule has 1 rings (SSSR count). The van der Waals surface area contributed by atoms with Crippen LogP contribution in [0.1, 0.15) is 27.0 Å². The maximum atomic E-state index is 12.5. The molecule has 84 valence electrons. The lowest BCUT2D eigenvalue weighted by Crippen LogP contribution is -2.11. The van der Waals surface area contributed by atoms with Crippen LogP contribution in [0.3, 0.4) is 0 Å². The Labute approximate surface area is 88.7 Å². The van der Waals surface area contributed by atoms with Crippen LogP contribution in [-0.2, 0) is 6.18 Å². The van der Waals surface area contributed by atoms with Gasteiger partial charge in [-0.15, -0.1) is 0 Å². The normalized spacial score (nSPS) is 10.9. The summed E-state index contributed by atoms with van der Waals surface area (Å²) in [6, 6.07) is 2.80. The van der Waals surface area contributed by atoms with Crippen molar-refractivity contribution in [3.8, 4) is 6.07 Å². The van der Waals surface area contributed by atoms with Crippen LogP contribution in [0, 0.1) is 18.3 Å². The molecule has 0 spiro atoms. The number of nitriles is 1. The number of alkyl halides is 3. The Hall–Kier alpha value is -2.03. The number of benzene rings is 1. The Kier molecular flexibility index (Phi) is 2.90. The largest absolute Gasteiger partial charge is 0.478 e. The van der Waals surface area contributed by atoms with E-state index in [9.17, 15) is 18.0 Å². The molecule has 0 radical (unpaired) electrons. The Morgan fingerprint density at radius 1 is 1.44 bits per heavy atom. The molecule has 0 atom stereocenters. The summed E-state index contributed by atoms with van der Waals surface area (Å²) in [5.41, 5.74) is -2.13. The Bertz CT molecular complexity index is 486. The number of nitrogens with zero attached hydrogens (tertiary/aromatic N) is 1. The summed E-state index contributed by atoms with van der Waals surface area (Å²) < 4.78 is 37.4. The first-order valence-electron chi connectivity index (χ1n) is 4.12. The van der Waals surface area contributed by atoms with Crippen molar-refractivity contribution in [2.75, 3.05) is 0 Å². The number of carboxylic acid groups (broad SMARTS) is 1. The first-order valence-corrected chi connectivity index (χ1v) is 4.12. The van der Waals surface area contributed by atoms with Crippen LogP contribution in [-0.4, -0.2) is 11.1 Å². The molecule has 0 unspecified atom stereocenters. The van der Waals surface area contributed by atoms with Crippen LogP contribution >= 0.6 is 0 Å². The highest BCUT2D eigenvalue weighted by atomic mass is 19.4. The third-order valence-electron chi connectivity index (χ3n) is 2.02. The fourth-order valence-electron chi connectivity index (χ4n) is 1.27. The van der Waals surface area contributed by atoms with Crippen LogP contribution in [0.25, 0.3) is 0 Å². The SMILES string of the molecule is Cc1cc(C#N)c(C(F)(F)F)cc1C(=O)O. The Morgan fingerprint density at radius 2 is 2.00 bits per heavy atom. The second kappa shape index (κ2) is 3.85. The Morgan fingerprint density at radius 3 is 2.38 bits per heavy atom. The molecular weight excluding hydrogens is 223 g/mol. The van der Waals surface area contributed by atoms with E-state index in [0.717, 1.165) is 6.07 Å². The van der Waals surface area contributed by atoms with E-state index < -0.39 is 28.8 Å². The minimum absolute atomic E-state index is 0.122. The summed E-state index contributed by atoms with van der Waals surface area (Å²) in [6.45, 7) is 1.34. The van der Waals surface area contributed by atoms with Crippen LogP contribution in [0.5, 0.6) is 0 Å². The third-order valence-corrected chi connectivity index (χ3v) is 2.02. The van der Waals surface area contributed by atoms with Gasteiger partial charge in [0.05, 0.1) is 22.8 Å². The fraction of sp³-hybridized carbons (Fsp3) is 0.200. The molecule has 0 saturated heterocycles. The van der Waals surface area contributed by atoms with Crippen LogP contribution in [0.4, 0.5) is 13.2 Å². The fourth-order valence-corrected chi connectivity index (χ4v) is 1.27. The summed E-state index contributed by atoms with van der Waals surface area (Å²) in [7, 11) is 0. The van der Waals surface area contributed by atoms with E-state index in [4.69, 9.17) is 10.4 Å². The van der Waals surface area contributed by atoms with Crippen molar-refractivity contribution in [3.05, 3.63) is 34.4 Å². The van der Waals surface area contributed by atoms with E-state index in [-0.39, 0.29) is 5.56 Å². The van der Waals surface area contributed by atoms with Crippen molar-refractivity contribution in [3.63, 3.8) is 0 Å². The summed E-state index contributed by atoms with van der Waals surface area (Å²) >= 11 is 0. The molecule has 0 saturated carbocycles. The quantitative estimate of drug-likeness (QED) is 0.804.